The molecule has 1 aromatic heterocycles. The van der Waals surface area contributed by atoms with Crippen molar-refractivity contribution in [2.45, 2.75) is 45.1 Å². The summed E-state index contributed by atoms with van der Waals surface area (Å²) in [4.78, 5) is 26.9. The molecule has 2 N–H and O–H groups in total. The maximum atomic E-state index is 12.6. The molecule has 4 rings (SSSR count). The van der Waals surface area contributed by atoms with E-state index in [1.165, 1.54) is 12.8 Å². The molecule has 1 atom stereocenters. The van der Waals surface area contributed by atoms with Crippen LogP contribution in [0.3, 0.4) is 0 Å². The fourth-order valence-electron chi connectivity index (χ4n) is 4.10. The topological polar surface area (TPSA) is 87.3 Å². The average Bonchev–Trinajstić information content (AvgIpc) is 3.49. The van der Waals surface area contributed by atoms with Crippen molar-refractivity contribution < 1.29 is 14.3 Å². The second kappa shape index (κ2) is 9.32. The number of nitrogens with one attached hydrogen (secondary N) is 2. The molecule has 2 heterocycles. The Kier molecular flexibility index (Phi) is 6.35. The molecule has 2 amide bonds. The molecule has 7 heteroatoms. The second-order valence-corrected chi connectivity index (χ2v) is 8.46. The number of amides is 2. The Balaban J connectivity index is 1.29. The van der Waals surface area contributed by atoms with Gasteiger partial charge in [-0.15, -0.1) is 0 Å². The lowest BCUT2D eigenvalue weighted by atomic mass is 9.96. The zero-order valence-corrected chi connectivity index (χ0v) is 17.5. The van der Waals surface area contributed by atoms with Crippen molar-refractivity contribution in [3.8, 4) is 17.0 Å². The summed E-state index contributed by atoms with van der Waals surface area (Å²) < 4.78 is 5.29. The minimum absolute atomic E-state index is 0.0286. The number of benzene rings is 1. The van der Waals surface area contributed by atoms with Crippen LogP contribution in [0, 0.1) is 11.8 Å². The van der Waals surface area contributed by atoms with E-state index in [1.54, 1.807) is 13.3 Å². The third-order valence-electron chi connectivity index (χ3n) is 6.13. The smallest absolute Gasteiger partial charge is 0.222 e. The largest absolute Gasteiger partial charge is 0.497 e. The number of carbonyl (C=O) groups excluding carboxylic acids is 2. The number of H-pyrrole nitrogens is 1. The van der Waals surface area contributed by atoms with Crippen molar-refractivity contribution in [1.29, 1.82) is 0 Å². The van der Waals surface area contributed by atoms with Crippen LogP contribution in [0.1, 0.15) is 44.1 Å². The van der Waals surface area contributed by atoms with Crippen molar-refractivity contribution >= 4 is 11.8 Å². The van der Waals surface area contributed by atoms with Crippen molar-refractivity contribution in [3.05, 3.63) is 36.0 Å². The highest BCUT2D eigenvalue weighted by Gasteiger charge is 2.29. The number of hydrogen-bond donors (Lipinski definition) is 2. The van der Waals surface area contributed by atoms with E-state index in [9.17, 15) is 9.59 Å². The second-order valence-electron chi connectivity index (χ2n) is 8.46. The normalized spacial score (nSPS) is 19.4. The van der Waals surface area contributed by atoms with Gasteiger partial charge < -0.3 is 15.0 Å². The SMILES string of the molecule is COc1cccc(-c2[nH]ncc2CNC(=O)CC2CCC(=O)N(CC3CC3)CC2)c1. The zero-order chi connectivity index (χ0) is 20.9. The molecule has 2 aromatic rings. The molecule has 7 nitrogen and oxygen atoms in total. The van der Waals surface area contributed by atoms with E-state index in [-0.39, 0.29) is 17.7 Å². The van der Waals surface area contributed by atoms with E-state index in [2.05, 4.69) is 15.5 Å². The Bertz CT molecular complexity index is 890. The van der Waals surface area contributed by atoms with Crippen LogP contribution in [-0.4, -0.2) is 47.1 Å². The van der Waals surface area contributed by atoms with Crippen LogP contribution < -0.4 is 10.1 Å². The van der Waals surface area contributed by atoms with E-state index >= 15 is 0 Å². The van der Waals surface area contributed by atoms with Crippen LogP contribution >= 0.6 is 0 Å². The highest BCUT2D eigenvalue weighted by molar-refractivity contribution is 5.78. The van der Waals surface area contributed by atoms with Gasteiger partial charge in [0, 0.05) is 43.6 Å². The molecule has 1 unspecified atom stereocenters. The van der Waals surface area contributed by atoms with Gasteiger partial charge in [0.25, 0.3) is 0 Å². The van der Waals surface area contributed by atoms with Gasteiger partial charge >= 0.3 is 0 Å². The number of hydrogen-bond acceptors (Lipinski definition) is 4. The summed E-state index contributed by atoms with van der Waals surface area (Å²) in [5.74, 6) is 2.03. The number of ether oxygens (including phenoxy) is 1. The summed E-state index contributed by atoms with van der Waals surface area (Å²) >= 11 is 0. The summed E-state index contributed by atoms with van der Waals surface area (Å²) in [6.45, 7) is 2.11. The van der Waals surface area contributed by atoms with E-state index in [0.717, 1.165) is 48.5 Å². The van der Waals surface area contributed by atoms with E-state index in [1.807, 2.05) is 29.2 Å². The first-order valence-corrected chi connectivity index (χ1v) is 10.8. The minimum Gasteiger partial charge on any atom is -0.497 e. The van der Waals surface area contributed by atoms with Gasteiger partial charge in [-0.3, -0.25) is 14.7 Å². The molecule has 1 saturated heterocycles. The molecular formula is C23H30N4O3. The third kappa shape index (κ3) is 5.20. The summed E-state index contributed by atoms with van der Waals surface area (Å²) in [5, 5.41) is 10.2. The van der Waals surface area contributed by atoms with E-state index in [4.69, 9.17) is 4.74 Å². The molecule has 30 heavy (non-hydrogen) atoms. The van der Waals surface area contributed by atoms with Crippen LogP contribution in [0.15, 0.2) is 30.5 Å². The van der Waals surface area contributed by atoms with Crippen molar-refractivity contribution in [2.75, 3.05) is 20.2 Å². The molecule has 1 aliphatic heterocycles. The maximum absolute atomic E-state index is 12.6. The Labute approximate surface area is 177 Å². The number of rotatable bonds is 8. The monoisotopic (exact) mass is 410 g/mol. The first kappa shape index (κ1) is 20.4. The number of aromatic nitrogens is 2. The molecule has 1 aliphatic carbocycles. The van der Waals surface area contributed by atoms with E-state index < -0.39 is 0 Å². The zero-order valence-electron chi connectivity index (χ0n) is 17.5. The number of likely N-dealkylation sites (tertiary alicyclic amines) is 1. The number of nitrogens with zero attached hydrogens (tertiary/aromatic N) is 2. The van der Waals surface area contributed by atoms with Crippen LogP contribution in [0.25, 0.3) is 11.3 Å². The molecule has 1 aromatic carbocycles. The summed E-state index contributed by atoms with van der Waals surface area (Å²) in [6.07, 6.45) is 6.99. The lowest BCUT2D eigenvalue weighted by Crippen LogP contribution is -2.32. The van der Waals surface area contributed by atoms with Crippen LogP contribution in [0.2, 0.25) is 0 Å². The number of aromatic amines is 1. The Hall–Kier alpha value is -2.83. The summed E-state index contributed by atoms with van der Waals surface area (Å²) in [7, 11) is 1.64. The lowest BCUT2D eigenvalue weighted by Gasteiger charge is -2.20. The molecule has 1 saturated carbocycles. The molecule has 160 valence electrons. The maximum Gasteiger partial charge on any atom is 0.222 e. The van der Waals surface area contributed by atoms with Crippen molar-refractivity contribution in [2.24, 2.45) is 11.8 Å². The molecule has 2 fully saturated rings. The molecule has 0 radical (unpaired) electrons. The Morgan fingerprint density at radius 2 is 2.13 bits per heavy atom. The Morgan fingerprint density at radius 1 is 1.27 bits per heavy atom. The summed E-state index contributed by atoms with van der Waals surface area (Å²) in [5.41, 5.74) is 2.78. The van der Waals surface area contributed by atoms with Gasteiger partial charge in [-0.25, -0.2) is 0 Å². The third-order valence-corrected chi connectivity index (χ3v) is 6.13. The molecule has 0 spiro atoms. The van der Waals surface area contributed by atoms with E-state index in [0.29, 0.717) is 25.3 Å². The molecule has 0 bridgehead atoms. The fraction of sp³-hybridized carbons (Fsp3) is 0.522. The highest BCUT2D eigenvalue weighted by Crippen LogP contribution is 2.31. The van der Waals surface area contributed by atoms with Gasteiger partial charge in [0.1, 0.15) is 5.75 Å². The standard InChI is InChI=1S/C23H30N4O3/c1-30-20-4-2-3-18(12-20)23-19(14-25-26-23)13-24-21(28)11-16-7-8-22(29)27(10-9-16)15-17-5-6-17/h2-4,12,14,16-17H,5-11,13,15H2,1H3,(H,24,28)(H,25,26). The van der Waals surface area contributed by atoms with Gasteiger partial charge in [0.2, 0.25) is 11.8 Å². The molecular weight excluding hydrogens is 380 g/mol. The van der Waals surface area contributed by atoms with Crippen LogP contribution in [0.4, 0.5) is 0 Å². The lowest BCUT2D eigenvalue weighted by molar-refractivity contribution is -0.131. The van der Waals surface area contributed by atoms with Gasteiger partial charge in [-0.05, 0) is 49.7 Å². The van der Waals surface area contributed by atoms with Gasteiger partial charge in [0.15, 0.2) is 0 Å². The van der Waals surface area contributed by atoms with Crippen molar-refractivity contribution in [1.82, 2.24) is 20.4 Å². The number of methoxy groups -OCH3 is 1. The first-order valence-electron chi connectivity index (χ1n) is 10.8. The Morgan fingerprint density at radius 3 is 2.93 bits per heavy atom. The quantitative estimate of drug-likeness (QED) is 0.700. The minimum atomic E-state index is 0.0286. The fourth-order valence-corrected chi connectivity index (χ4v) is 4.10. The predicted molar refractivity (Wildman–Crippen MR) is 114 cm³/mol. The van der Waals surface area contributed by atoms with Gasteiger partial charge in [-0.1, -0.05) is 12.1 Å². The predicted octanol–water partition coefficient (Wildman–Crippen LogP) is 3.13. The summed E-state index contributed by atoms with van der Waals surface area (Å²) in [6, 6.07) is 7.74. The number of carbonyl (C=O) groups is 2. The first-order chi connectivity index (χ1) is 14.6. The van der Waals surface area contributed by atoms with Crippen LogP contribution in [-0.2, 0) is 16.1 Å². The van der Waals surface area contributed by atoms with Gasteiger partial charge in [0.05, 0.1) is 19.0 Å². The average molecular weight is 411 g/mol. The highest BCUT2D eigenvalue weighted by atomic mass is 16.5. The van der Waals surface area contributed by atoms with Crippen LogP contribution in [0.5, 0.6) is 5.75 Å². The molecule has 2 aliphatic rings. The van der Waals surface area contributed by atoms with Gasteiger partial charge in [-0.2, -0.15) is 5.10 Å². The van der Waals surface area contributed by atoms with Crippen molar-refractivity contribution in [3.63, 3.8) is 0 Å².